The molecule has 1 aliphatic rings. The van der Waals surface area contributed by atoms with Crippen LogP contribution in [0, 0.1) is 11.8 Å². The fourth-order valence-electron chi connectivity index (χ4n) is 5.12. The second kappa shape index (κ2) is 12.0. The summed E-state index contributed by atoms with van der Waals surface area (Å²) < 4.78 is 40.7. The Kier molecular flexibility index (Phi) is 8.70. The number of anilines is 3. The molecule has 0 aliphatic carbocycles. The zero-order chi connectivity index (χ0) is 28.2. The van der Waals surface area contributed by atoms with E-state index in [0.29, 0.717) is 34.5 Å². The van der Waals surface area contributed by atoms with E-state index in [1.165, 1.54) is 25.8 Å². The predicted octanol–water partition coefficient (Wildman–Crippen LogP) is 5.80. The number of methoxy groups -OCH3 is 2. The summed E-state index contributed by atoms with van der Waals surface area (Å²) in [6.07, 6.45) is 2.01. The Morgan fingerprint density at radius 1 is 0.949 bits per heavy atom. The van der Waals surface area contributed by atoms with Gasteiger partial charge in [0.25, 0.3) is 15.9 Å². The maximum atomic E-state index is 13.7. The molecule has 39 heavy (non-hydrogen) atoms. The standard InChI is InChI=1S/C30H37N3O5S/c1-6-22-7-10-24(11-8-22)31-30(34)23-9-13-27(33-18-20(2)15-21(3)19-33)26(16-23)32-39(35,36)29-17-25(37-4)12-14-28(29)38-5/h7-14,16-17,20-21,32H,6,15,18-19H2,1-5H3,(H,31,34). The summed E-state index contributed by atoms with van der Waals surface area (Å²) >= 11 is 0. The fourth-order valence-corrected chi connectivity index (χ4v) is 6.37. The SMILES string of the molecule is CCc1ccc(NC(=O)c2ccc(N3CC(C)CC(C)C3)c(NS(=O)(=O)c3cc(OC)ccc3OC)c2)cc1. The highest BCUT2D eigenvalue weighted by molar-refractivity contribution is 7.92. The second-order valence-electron chi connectivity index (χ2n) is 10.2. The highest BCUT2D eigenvalue weighted by atomic mass is 32.2. The quantitative estimate of drug-likeness (QED) is 0.349. The van der Waals surface area contributed by atoms with Gasteiger partial charge in [-0.1, -0.05) is 32.9 Å². The molecule has 0 radical (unpaired) electrons. The van der Waals surface area contributed by atoms with Crippen molar-refractivity contribution in [2.45, 2.75) is 38.5 Å². The summed E-state index contributed by atoms with van der Waals surface area (Å²) in [7, 11) is -1.21. The van der Waals surface area contributed by atoms with E-state index in [1.807, 2.05) is 30.3 Å². The number of rotatable bonds is 9. The van der Waals surface area contributed by atoms with Crippen LogP contribution in [0.4, 0.5) is 17.1 Å². The van der Waals surface area contributed by atoms with E-state index >= 15 is 0 Å². The highest BCUT2D eigenvalue weighted by Crippen LogP contribution is 2.36. The zero-order valence-electron chi connectivity index (χ0n) is 23.2. The van der Waals surface area contributed by atoms with Crippen LogP contribution in [-0.4, -0.2) is 41.6 Å². The number of carbonyl (C=O) groups is 1. The van der Waals surface area contributed by atoms with Gasteiger partial charge in [0.2, 0.25) is 0 Å². The lowest BCUT2D eigenvalue weighted by Crippen LogP contribution is -2.39. The van der Waals surface area contributed by atoms with E-state index in [-0.39, 0.29) is 16.6 Å². The van der Waals surface area contributed by atoms with Gasteiger partial charge in [-0.2, -0.15) is 0 Å². The fraction of sp³-hybridized carbons (Fsp3) is 0.367. The third-order valence-corrected chi connectivity index (χ3v) is 8.38. The van der Waals surface area contributed by atoms with Crippen LogP contribution in [0.3, 0.4) is 0 Å². The maximum absolute atomic E-state index is 13.7. The van der Waals surface area contributed by atoms with E-state index in [0.717, 1.165) is 31.6 Å². The summed E-state index contributed by atoms with van der Waals surface area (Å²) in [5.74, 6) is 1.15. The van der Waals surface area contributed by atoms with Gasteiger partial charge in [0.05, 0.1) is 25.6 Å². The van der Waals surface area contributed by atoms with Crippen molar-refractivity contribution in [2.75, 3.05) is 42.2 Å². The molecule has 1 aliphatic heterocycles. The van der Waals surface area contributed by atoms with E-state index in [1.54, 1.807) is 24.3 Å². The first-order valence-corrected chi connectivity index (χ1v) is 14.7. The Morgan fingerprint density at radius 2 is 1.64 bits per heavy atom. The molecular weight excluding hydrogens is 514 g/mol. The molecule has 1 saturated heterocycles. The van der Waals surface area contributed by atoms with Gasteiger partial charge in [0.1, 0.15) is 16.4 Å². The molecule has 1 heterocycles. The lowest BCUT2D eigenvalue weighted by atomic mass is 9.91. The number of nitrogens with one attached hydrogen (secondary N) is 2. The number of benzene rings is 3. The number of ether oxygens (including phenoxy) is 2. The lowest BCUT2D eigenvalue weighted by molar-refractivity contribution is 0.102. The van der Waals surface area contributed by atoms with Crippen LogP contribution in [0.1, 0.15) is 43.1 Å². The third kappa shape index (κ3) is 6.65. The Balaban J connectivity index is 1.72. The largest absolute Gasteiger partial charge is 0.497 e. The molecule has 3 aromatic carbocycles. The van der Waals surface area contributed by atoms with Gasteiger partial charge < -0.3 is 19.7 Å². The van der Waals surface area contributed by atoms with E-state index in [4.69, 9.17) is 9.47 Å². The molecule has 2 atom stereocenters. The van der Waals surface area contributed by atoms with Crippen LogP contribution in [-0.2, 0) is 16.4 Å². The van der Waals surface area contributed by atoms with E-state index in [2.05, 4.69) is 35.7 Å². The van der Waals surface area contributed by atoms with Crippen molar-refractivity contribution >= 4 is 33.0 Å². The molecule has 1 amide bonds. The molecule has 3 aromatic rings. The summed E-state index contributed by atoms with van der Waals surface area (Å²) in [6, 6.07) is 17.4. The first kappa shape index (κ1) is 28.3. The Bertz CT molecular complexity index is 1410. The van der Waals surface area contributed by atoms with Crippen molar-refractivity contribution in [3.63, 3.8) is 0 Å². The Hall–Kier alpha value is -3.72. The second-order valence-corrected chi connectivity index (χ2v) is 11.9. The van der Waals surface area contributed by atoms with Crippen LogP contribution in [0.5, 0.6) is 11.5 Å². The molecule has 4 rings (SSSR count). The monoisotopic (exact) mass is 551 g/mol. The highest BCUT2D eigenvalue weighted by Gasteiger charge is 2.27. The number of hydrogen-bond acceptors (Lipinski definition) is 6. The van der Waals surface area contributed by atoms with Crippen LogP contribution in [0.2, 0.25) is 0 Å². The zero-order valence-corrected chi connectivity index (χ0v) is 24.0. The number of aryl methyl sites for hydroxylation is 1. The number of hydrogen-bond donors (Lipinski definition) is 2. The van der Waals surface area contributed by atoms with E-state index in [9.17, 15) is 13.2 Å². The summed E-state index contributed by atoms with van der Waals surface area (Å²) in [5.41, 5.74) is 3.24. The summed E-state index contributed by atoms with van der Waals surface area (Å²) in [5, 5.41) is 2.91. The van der Waals surface area contributed by atoms with Crippen molar-refractivity contribution in [2.24, 2.45) is 11.8 Å². The van der Waals surface area contributed by atoms with Gasteiger partial charge in [-0.15, -0.1) is 0 Å². The molecule has 0 bridgehead atoms. The minimum Gasteiger partial charge on any atom is -0.497 e. The van der Waals surface area contributed by atoms with Crippen LogP contribution in [0.15, 0.2) is 65.6 Å². The molecule has 0 saturated carbocycles. The molecule has 1 fully saturated rings. The first-order chi connectivity index (χ1) is 18.6. The summed E-state index contributed by atoms with van der Waals surface area (Å²) in [4.78, 5) is 15.3. The number of carbonyl (C=O) groups excluding carboxylic acids is 1. The van der Waals surface area contributed by atoms with Crippen LogP contribution >= 0.6 is 0 Å². The molecule has 2 unspecified atom stereocenters. The molecule has 8 nitrogen and oxygen atoms in total. The van der Waals surface area contributed by atoms with Crippen LogP contribution in [0.25, 0.3) is 0 Å². The number of amides is 1. The predicted molar refractivity (Wildman–Crippen MR) is 156 cm³/mol. The van der Waals surface area contributed by atoms with E-state index < -0.39 is 10.0 Å². The average molecular weight is 552 g/mol. The minimum atomic E-state index is -4.10. The minimum absolute atomic E-state index is 0.0541. The lowest BCUT2D eigenvalue weighted by Gasteiger charge is -2.37. The van der Waals surface area contributed by atoms with Crippen molar-refractivity contribution in [3.8, 4) is 11.5 Å². The van der Waals surface area contributed by atoms with Crippen molar-refractivity contribution < 1.29 is 22.7 Å². The van der Waals surface area contributed by atoms with Crippen molar-refractivity contribution in [1.82, 2.24) is 0 Å². The normalized spacial score (nSPS) is 17.4. The van der Waals surface area contributed by atoms with Gasteiger partial charge in [-0.25, -0.2) is 8.42 Å². The summed E-state index contributed by atoms with van der Waals surface area (Å²) in [6.45, 7) is 8.04. The van der Waals surface area contributed by atoms with Crippen molar-refractivity contribution in [3.05, 3.63) is 71.8 Å². The smallest absolute Gasteiger partial charge is 0.265 e. The van der Waals surface area contributed by atoms with Gasteiger partial charge in [-0.3, -0.25) is 9.52 Å². The molecular formula is C30H37N3O5S. The van der Waals surface area contributed by atoms with Crippen molar-refractivity contribution in [1.29, 1.82) is 0 Å². The Labute approximate surface area is 231 Å². The molecule has 0 aromatic heterocycles. The van der Waals surface area contributed by atoms with Crippen LogP contribution < -0.4 is 24.4 Å². The number of sulfonamides is 1. The first-order valence-electron chi connectivity index (χ1n) is 13.2. The van der Waals surface area contributed by atoms with Gasteiger partial charge in [0.15, 0.2) is 0 Å². The molecule has 0 spiro atoms. The molecule has 9 heteroatoms. The number of piperidine rings is 1. The maximum Gasteiger partial charge on any atom is 0.265 e. The molecule has 208 valence electrons. The van der Waals surface area contributed by atoms with Gasteiger partial charge in [-0.05, 0) is 72.7 Å². The van der Waals surface area contributed by atoms with Gasteiger partial charge in [0, 0.05) is 30.4 Å². The number of nitrogens with zero attached hydrogens (tertiary/aromatic N) is 1. The average Bonchev–Trinajstić information content (AvgIpc) is 2.92. The third-order valence-electron chi connectivity index (χ3n) is 6.99. The van der Waals surface area contributed by atoms with Gasteiger partial charge >= 0.3 is 0 Å². The molecule has 2 N–H and O–H groups in total. The topological polar surface area (TPSA) is 97.0 Å². The Morgan fingerprint density at radius 3 is 2.26 bits per heavy atom.